The molecule has 1 N–H and O–H groups in total. The van der Waals surface area contributed by atoms with Crippen molar-refractivity contribution in [3.05, 3.63) is 12.2 Å². The third-order valence-electron chi connectivity index (χ3n) is 18.2. The highest BCUT2D eigenvalue weighted by Crippen LogP contribution is 2.73. The minimum absolute atomic E-state index is 0.0115. The van der Waals surface area contributed by atoms with E-state index in [1.54, 1.807) is 0 Å². The number of esters is 2. The zero-order valence-corrected chi connectivity index (χ0v) is 41.0. The van der Waals surface area contributed by atoms with Gasteiger partial charge in [-0.15, -0.1) is 0 Å². The molecule has 7 aliphatic rings. The minimum Gasteiger partial charge on any atom is -0.483 e. The number of carbonyl (C=O) groups excluding carboxylic acids is 2. The van der Waals surface area contributed by atoms with Crippen LogP contribution in [0.4, 0.5) is 0 Å². The van der Waals surface area contributed by atoms with Gasteiger partial charge in [0.1, 0.15) is 6.10 Å². The molecule has 12 nitrogen and oxygen atoms in total. The van der Waals surface area contributed by atoms with E-state index in [0.717, 1.165) is 50.9 Å². The van der Waals surface area contributed by atoms with Gasteiger partial charge in [0, 0.05) is 31.6 Å². The molecule has 7 fully saturated rings. The van der Waals surface area contributed by atoms with Crippen LogP contribution in [0.2, 0.25) is 0 Å². The monoisotopic (exact) mass is 889 g/mol. The van der Waals surface area contributed by atoms with Crippen molar-refractivity contribution in [2.45, 2.75) is 234 Å². The van der Waals surface area contributed by atoms with E-state index in [-0.39, 0.29) is 71.7 Å². The lowest BCUT2D eigenvalue weighted by Crippen LogP contribution is -2.64. The first kappa shape index (κ1) is 50.3. The fourth-order valence-electron chi connectivity index (χ4n) is 14.7. The molecule has 15 unspecified atom stereocenters. The van der Waals surface area contributed by atoms with E-state index >= 15 is 0 Å². The highest BCUT2D eigenvalue weighted by Gasteiger charge is 2.68. The summed E-state index contributed by atoms with van der Waals surface area (Å²) in [4.78, 5) is 33.7. The molecule has 7 rings (SSSR count). The van der Waals surface area contributed by atoms with Crippen LogP contribution in [0.15, 0.2) is 12.2 Å². The highest BCUT2D eigenvalue weighted by atomic mass is 16.8. The van der Waals surface area contributed by atoms with Gasteiger partial charge in [0.05, 0.1) is 30.0 Å². The molecule has 0 aromatic rings. The van der Waals surface area contributed by atoms with Gasteiger partial charge < -0.3 is 43.0 Å². The van der Waals surface area contributed by atoms with Crippen molar-refractivity contribution in [3.63, 3.8) is 0 Å². The highest BCUT2D eigenvalue weighted by molar-refractivity contribution is 5.66. The Morgan fingerprint density at radius 1 is 0.683 bits per heavy atom. The van der Waals surface area contributed by atoms with Gasteiger partial charge in [-0.3, -0.25) is 14.4 Å². The van der Waals surface area contributed by atoms with E-state index in [1.807, 2.05) is 0 Å². The van der Waals surface area contributed by atoms with Gasteiger partial charge in [0.2, 0.25) is 0 Å². The maximum atomic E-state index is 12.7. The van der Waals surface area contributed by atoms with Crippen molar-refractivity contribution < 1.29 is 57.4 Å². The molecule has 0 aromatic heterocycles. The van der Waals surface area contributed by atoms with E-state index in [0.29, 0.717) is 16.7 Å². The lowest BCUT2D eigenvalue weighted by atomic mass is 9.41. The molecule has 0 radical (unpaired) electrons. The number of hydrogen-bond acceptors (Lipinski definition) is 11. The fraction of sp³-hybridized carbons (Fsp3) is 0.902. The van der Waals surface area contributed by atoms with Crippen LogP contribution >= 0.6 is 0 Å². The van der Waals surface area contributed by atoms with Gasteiger partial charge in [0.15, 0.2) is 31.1 Å². The molecule has 3 heterocycles. The molecule has 0 aromatic carbocycles. The average Bonchev–Trinajstić information content (AvgIpc) is 3.41. The lowest BCUT2D eigenvalue weighted by Gasteiger charge is -2.64. The number of fused-ring (bicyclic) bond motifs is 3. The Labute approximate surface area is 378 Å². The minimum atomic E-state index is -0.892. The van der Waals surface area contributed by atoms with E-state index in [9.17, 15) is 9.59 Å². The third-order valence-corrected chi connectivity index (χ3v) is 18.2. The number of hydrogen-bond donors (Lipinski definition) is 1. The molecule has 12 heteroatoms. The van der Waals surface area contributed by atoms with Crippen LogP contribution in [0, 0.1) is 57.7 Å². The van der Waals surface area contributed by atoms with Crippen molar-refractivity contribution in [1.29, 1.82) is 0 Å². The van der Waals surface area contributed by atoms with Crippen LogP contribution in [0.3, 0.4) is 0 Å². The summed E-state index contributed by atoms with van der Waals surface area (Å²) in [5.41, 5.74) is 1.41. The van der Waals surface area contributed by atoms with Gasteiger partial charge >= 0.3 is 11.9 Å². The van der Waals surface area contributed by atoms with E-state index in [1.165, 1.54) is 51.5 Å². The molecule has 1 spiro atoms. The normalized spacial score (nSPS) is 47.8. The van der Waals surface area contributed by atoms with Crippen LogP contribution in [0.25, 0.3) is 0 Å². The van der Waals surface area contributed by atoms with Crippen molar-refractivity contribution >= 4 is 18.4 Å². The Kier molecular flexibility index (Phi) is 15.7. The lowest BCUT2D eigenvalue weighted by molar-refractivity contribution is -0.387. The largest absolute Gasteiger partial charge is 0.483 e. The Morgan fingerprint density at radius 2 is 1.16 bits per heavy atom. The molecule has 4 saturated carbocycles. The van der Waals surface area contributed by atoms with Crippen molar-refractivity contribution in [3.8, 4) is 0 Å². The van der Waals surface area contributed by atoms with Crippen molar-refractivity contribution in [2.75, 3.05) is 0 Å². The molecule has 3 saturated heterocycles. The smallest absolute Gasteiger partial charge is 0.303 e. The summed E-state index contributed by atoms with van der Waals surface area (Å²) in [7, 11) is 0. The van der Waals surface area contributed by atoms with E-state index in [4.69, 9.17) is 54.4 Å². The zero-order valence-electron chi connectivity index (χ0n) is 41.0. The molecule has 4 aliphatic carbocycles. The van der Waals surface area contributed by atoms with Gasteiger partial charge in [-0.2, -0.15) is 0 Å². The maximum absolute atomic E-state index is 12.7. The molecule has 20 atom stereocenters. The Hall–Kier alpha value is -2.09. The summed E-state index contributed by atoms with van der Waals surface area (Å²) in [6.07, 6.45) is 6.95. The predicted octanol–water partition coefficient (Wildman–Crippen LogP) is 10.0. The first-order valence-corrected chi connectivity index (χ1v) is 24.7. The van der Waals surface area contributed by atoms with Crippen molar-refractivity contribution in [2.24, 2.45) is 57.7 Å². The second-order valence-electron chi connectivity index (χ2n) is 22.1. The number of rotatable bonds is 11. The fourth-order valence-corrected chi connectivity index (χ4v) is 14.7. The number of ether oxygens (including phenoxy) is 8. The SMILES string of the molecule is C=C1C[C@@]23CC[C@@H]4C(C)(C)CCC[C@@]4(C)[C@@H]2CC[C@]1(OC1OC(CC)C(C)C(OC2OC(CC)C(C)C(C)C2OC(C)=O)C1OC1OC(CC)C(C)C(C)C1OC(C)=O)C3.O=CO. The summed E-state index contributed by atoms with van der Waals surface area (Å²) >= 11 is 0. The summed E-state index contributed by atoms with van der Waals surface area (Å²) in [6, 6.07) is 0. The first-order valence-electron chi connectivity index (χ1n) is 24.7. The number of carbonyl (C=O) groups is 3. The van der Waals surface area contributed by atoms with Crippen LogP contribution in [-0.2, 0) is 52.3 Å². The maximum Gasteiger partial charge on any atom is 0.303 e. The Balaban J connectivity index is 0.00000214. The van der Waals surface area contributed by atoms with Gasteiger partial charge in [-0.1, -0.05) is 89.2 Å². The molecular formula is C51H84O12. The van der Waals surface area contributed by atoms with Gasteiger partial charge in [-0.05, 0) is 116 Å². The Morgan fingerprint density at radius 3 is 1.67 bits per heavy atom. The van der Waals surface area contributed by atoms with Gasteiger partial charge in [-0.25, -0.2) is 0 Å². The molecular weight excluding hydrogens is 805 g/mol. The Bertz CT molecular complexity index is 1620. The van der Waals surface area contributed by atoms with Gasteiger partial charge in [0.25, 0.3) is 6.47 Å². The predicted molar refractivity (Wildman–Crippen MR) is 238 cm³/mol. The molecule has 63 heavy (non-hydrogen) atoms. The number of carboxylic acid groups (broad SMARTS) is 1. The van der Waals surface area contributed by atoms with E-state index < -0.39 is 48.9 Å². The third kappa shape index (κ3) is 9.44. The second-order valence-corrected chi connectivity index (χ2v) is 22.1. The summed E-state index contributed by atoms with van der Waals surface area (Å²) in [5, 5.41) is 6.89. The summed E-state index contributed by atoms with van der Waals surface area (Å²) in [6.45, 7) is 32.2. The first-order chi connectivity index (χ1) is 29.7. The van der Waals surface area contributed by atoms with Crippen LogP contribution in [-0.4, -0.2) is 90.7 Å². The van der Waals surface area contributed by atoms with Crippen LogP contribution in [0.5, 0.6) is 0 Å². The molecule has 3 aliphatic heterocycles. The molecule has 0 amide bonds. The van der Waals surface area contributed by atoms with Crippen LogP contribution in [0.1, 0.15) is 167 Å². The standard InChI is InChI=1S/C50H82O10.CH2O2/c1-15-35-28(5)30(7)41(53-33(10)51)44(55-35)58-40-32(9)37(17-3)57-46(43(40)59-45-42(54-34(11)52)31(8)29(6)36(16-2)56-45)60-50-24-20-39-48(14)22-18-21-47(12,13)38(48)19-23-49(39,26-50)25-27(50)4;2-1-3/h28-32,35-46H,4,15-26H2,1-3,5-14H3;1H,(H,2,3)/t28?,29?,30?,31?,32?,35?,36?,37?,38-,39+,40?,41?,42?,43?,44?,45?,46?,48-,49-,50+;/m1./s1. The summed E-state index contributed by atoms with van der Waals surface area (Å²) in [5.74, 6) is 0.686. The van der Waals surface area contributed by atoms with E-state index in [2.05, 4.69) is 76.2 Å². The summed E-state index contributed by atoms with van der Waals surface area (Å²) < 4.78 is 54.9. The zero-order chi connectivity index (χ0) is 46.4. The quantitative estimate of drug-likeness (QED) is 0.0912. The van der Waals surface area contributed by atoms with Crippen LogP contribution < -0.4 is 0 Å². The molecule has 2 bridgehead atoms. The molecule has 360 valence electrons. The average molecular weight is 889 g/mol. The second kappa shape index (κ2) is 19.6. The van der Waals surface area contributed by atoms with Crippen molar-refractivity contribution in [1.82, 2.24) is 0 Å². The topological polar surface area (TPSA) is 145 Å².